The maximum atomic E-state index is 13.3. The Hall–Kier alpha value is -1.72. The number of esters is 4. The molecule has 0 aliphatic carbocycles. The molecule has 0 aromatic carbocycles. The largest absolute Gasteiger partial charge is 0.393 e. The Kier molecular flexibility index (Phi) is 26.3. The highest BCUT2D eigenvalue weighted by molar-refractivity contribution is 5.92. The van der Waals surface area contributed by atoms with Crippen molar-refractivity contribution < 1.29 is 28.7 Å². The maximum absolute atomic E-state index is 13.3. The smallest absolute Gasteiger partial charge is 0.317 e. The number of unbranched alkanes of at least 4 members (excludes halogenated alkanes) is 16. The van der Waals surface area contributed by atoms with Crippen LogP contribution in [0.15, 0.2) is 0 Å². The van der Waals surface area contributed by atoms with Gasteiger partial charge in [-0.2, -0.15) is 0 Å². The van der Waals surface area contributed by atoms with Crippen LogP contribution in [0.4, 0.5) is 0 Å². The molecule has 40 heavy (non-hydrogen) atoms. The van der Waals surface area contributed by atoms with Crippen molar-refractivity contribution in [3.63, 3.8) is 0 Å². The molecule has 0 rings (SSSR count). The van der Waals surface area contributed by atoms with Gasteiger partial charge in [0.1, 0.15) is 0 Å². The zero-order chi connectivity index (χ0) is 29.8. The first-order valence-corrected chi connectivity index (χ1v) is 16.9. The van der Waals surface area contributed by atoms with Gasteiger partial charge >= 0.3 is 23.9 Å². The molecule has 0 amide bonds. The second-order valence-electron chi connectivity index (χ2n) is 11.5. The summed E-state index contributed by atoms with van der Waals surface area (Å²) in [7, 11) is 0. The van der Waals surface area contributed by atoms with E-state index in [2.05, 4.69) is 27.7 Å². The molecular weight excluding hydrogens is 504 g/mol. The minimum atomic E-state index is -0.763. The molecule has 0 aliphatic rings. The molecule has 0 saturated heterocycles. The van der Waals surface area contributed by atoms with E-state index >= 15 is 0 Å². The van der Waals surface area contributed by atoms with Crippen LogP contribution < -0.4 is 0 Å². The van der Waals surface area contributed by atoms with Crippen LogP contribution in [0.2, 0.25) is 0 Å². The van der Waals surface area contributed by atoms with Crippen LogP contribution in [-0.2, 0) is 28.7 Å². The molecule has 0 aromatic heterocycles. The van der Waals surface area contributed by atoms with Crippen LogP contribution in [0.5, 0.6) is 0 Å². The number of carbonyl (C=O) groups is 4. The summed E-state index contributed by atoms with van der Waals surface area (Å²) in [4.78, 5) is 51.6. The fourth-order valence-electron chi connectivity index (χ4n) is 5.13. The van der Waals surface area contributed by atoms with E-state index in [-0.39, 0.29) is 12.8 Å². The lowest BCUT2D eigenvalue weighted by molar-refractivity contribution is -0.172. The summed E-state index contributed by atoms with van der Waals surface area (Å²) < 4.78 is 10.6. The summed E-state index contributed by atoms with van der Waals surface area (Å²) in [5, 5.41) is 0. The van der Waals surface area contributed by atoms with E-state index < -0.39 is 35.7 Å². The van der Waals surface area contributed by atoms with Crippen LogP contribution in [0, 0.1) is 11.8 Å². The van der Waals surface area contributed by atoms with Crippen LogP contribution in [0.3, 0.4) is 0 Å². The molecular formula is C34H62O6. The molecule has 0 saturated carbocycles. The van der Waals surface area contributed by atoms with E-state index in [0.717, 1.165) is 109 Å². The van der Waals surface area contributed by atoms with E-state index in [1.165, 1.54) is 6.42 Å². The van der Waals surface area contributed by atoms with Crippen LogP contribution >= 0.6 is 0 Å². The van der Waals surface area contributed by atoms with Crippen LogP contribution in [0.25, 0.3) is 0 Å². The van der Waals surface area contributed by atoms with Crippen molar-refractivity contribution in [3.05, 3.63) is 0 Å². The van der Waals surface area contributed by atoms with Gasteiger partial charge in [-0.05, 0) is 25.7 Å². The molecule has 234 valence electrons. The summed E-state index contributed by atoms with van der Waals surface area (Å²) in [6, 6.07) is 0. The van der Waals surface area contributed by atoms with Crippen molar-refractivity contribution in [1.29, 1.82) is 0 Å². The molecule has 2 unspecified atom stereocenters. The molecule has 0 N–H and O–H groups in total. The first kappa shape index (κ1) is 38.3. The summed E-state index contributed by atoms with van der Waals surface area (Å²) in [6.07, 6.45) is 21.4. The average Bonchev–Trinajstić information content (AvgIpc) is 2.93. The fraction of sp³-hybridized carbons (Fsp3) is 0.882. The monoisotopic (exact) mass is 566 g/mol. The minimum absolute atomic E-state index is 0.209. The summed E-state index contributed by atoms with van der Waals surface area (Å²) >= 11 is 0. The van der Waals surface area contributed by atoms with E-state index in [1.807, 2.05) is 0 Å². The number of hydrogen-bond acceptors (Lipinski definition) is 6. The van der Waals surface area contributed by atoms with Gasteiger partial charge in [0.05, 0.1) is 11.8 Å². The van der Waals surface area contributed by atoms with Crippen molar-refractivity contribution >= 4 is 23.9 Å². The molecule has 0 spiro atoms. The van der Waals surface area contributed by atoms with Gasteiger partial charge in [0.25, 0.3) is 0 Å². The minimum Gasteiger partial charge on any atom is -0.393 e. The van der Waals surface area contributed by atoms with Crippen molar-refractivity contribution in [2.45, 2.75) is 182 Å². The van der Waals surface area contributed by atoms with Gasteiger partial charge < -0.3 is 9.47 Å². The lowest BCUT2D eigenvalue weighted by atomic mass is 9.83. The van der Waals surface area contributed by atoms with Gasteiger partial charge in [0, 0.05) is 12.8 Å². The lowest BCUT2D eigenvalue weighted by Gasteiger charge is -2.24. The van der Waals surface area contributed by atoms with E-state index in [9.17, 15) is 19.2 Å². The fourth-order valence-corrected chi connectivity index (χ4v) is 5.13. The predicted molar refractivity (Wildman–Crippen MR) is 163 cm³/mol. The molecule has 0 bridgehead atoms. The highest BCUT2D eigenvalue weighted by atomic mass is 16.6. The quantitative estimate of drug-likeness (QED) is 0.0558. The van der Waals surface area contributed by atoms with Crippen molar-refractivity contribution in [3.8, 4) is 0 Å². The Morgan fingerprint density at radius 2 is 0.675 bits per heavy atom. The highest BCUT2D eigenvalue weighted by Crippen LogP contribution is 2.28. The van der Waals surface area contributed by atoms with Crippen molar-refractivity contribution in [2.75, 3.05) is 0 Å². The molecule has 0 aliphatic heterocycles. The Morgan fingerprint density at radius 3 is 1.02 bits per heavy atom. The van der Waals surface area contributed by atoms with E-state index in [4.69, 9.17) is 9.47 Å². The van der Waals surface area contributed by atoms with E-state index in [0.29, 0.717) is 25.7 Å². The Balaban J connectivity index is 5.37. The molecule has 2 atom stereocenters. The average molecular weight is 567 g/mol. The number of ether oxygens (including phenoxy) is 2. The molecule has 0 fully saturated rings. The van der Waals surface area contributed by atoms with Gasteiger partial charge in [-0.25, -0.2) is 0 Å². The first-order chi connectivity index (χ1) is 19.4. The molecule has 6 nitrogen and oxygen atoms in total. The van der Waals surface area contributed by atoms with Crippen LogP contribution in [0.1, 0.15) is 182 Å². The van der Waals surface area contributed by atoms with Gasteiger partial charge in [-0.3, -0.25) is 19.2 Å². The van der Waals surface area contributed by atoms with Gasteiger partial charge in [0.2, 0.25) is 0 Å². The predicted octanol–water partition coefficient (Wildman–Crippen LogP) is 9.80. The molecule has 6 heteroatoms. The third-order valence-corrected chi connectivity index (χ3v) is 7.73. The summed E-state index contributed by atoms with van der Waals surface area (Å²) in [5.41, 5.74) is 0. The molecule has 0 aromatic rings. The second-order valence-corrected chi connectivity index (χ2v) is 11.5. The number of rotatable bonds is 27. The zero-order valence-electron chi connectivity index (χ0n) is 26.6. The molecule has 0 radical (unpaired) electrons. The Labute approximate surface area is 246 Å². The van der Waals surface area contributed by atoms with Gasteiger partial charge in [-0.1, -0.05) is 143 Å². The normalized spacial score (nSPS) is 12.6. The van der Waals surface area contributed by atoms with Crippen molar-refractivity contribution in [1.82, 2.24) is 0 Å². The van der Waals surface area contributed by atoms with E-state index in [1.54, 1.807) is 0 Å². The third kappa shape index (κ3) is 21.1. The molecule has 0 heterocycles. The number of hydrogen-bond donors (Lipinski definition) is 0. The number of carbonyl (C=O) groups excluding carboxylic acids is 4. The Bertz CT molecular complexity index is 659. The van der Waals surface area contributed by atoms with Gasteiger partial charge in [0.15, 0.2) is 0 Å². The standard InChI is InChI=1S/C34H62O6/c1-5-9-13-17-20-22-26-30(34(38)40-32(36)28-24-19-15-11-7-3)29(25-21-16-12-8-4)33(37)39-31(35)27-23-18-14-10-6-2/h29-30H,5-28H2,1-4H3. The SMILES string of the molecule is CCCCCCCCC(C(=O)OC(=O)CCCCCCC)C(CCCCCC)C(=O)OC(=O)CCCCCCC. The Morgan fingerprint density at radius 1 is 0.400 bits per heavy atom. The second kappa shape index (κ2) is 27.4. The summed E-state index contributed by atoms with van der Waals surface area (Å²) in [5.74, 6) is -3.82. The van der Waals surface area contributed by atoms with Gasteiger partial charge in [-0.15, -0.1) is 0 Å². The topological polar surface area (TPSA) is 86.7 Å². The maximum Gasteiger partial charge on any atom is 0.317 e. The first-order valence-electron chi connectivity index (χ1n) is 16.9. The third-order valence-electron chi connectivity index (χ3n) is 7.73. The van der Waals surface area contributed by atoms with Crippen molar-refractivity contribution in [2.24, 2.45) is 11.8 Å². The zero-order valence-corrected chi connectivity index (χ0v) is 26.6. The van der Waals surface area contributed by atoms with Crippen LogP contribution in [-0.4, -0.2) is 23.9 Å². The summed E-state index contributed by atoms with van der Waals surface area (Å²) in [6.45, 7) is 8.58. The lowest BCUT2D eigenvalue weighted by Crippen LogP contribution is -2.34. The highest BCUT2D eigenvalue weighted by Gasteiger charge is 2.37.